The molecule has 1 amide bonds. The van der Waals surface area contributed by atoms with Crippen molar-refractivity contribution in [2.45, 2.75) is 6.92 Å². The van der Waals surface area contributed by atoms with Crippen LogP contribution in [0.15, 0.2) is 88.4 Å². The number of carbonyl (C=O) groups is 2. The number of esters is 1. The minimum Gasteiger partial charge on any atom is -0.497 e. The third kappa shape index (κ3) is 5.90. The van der Waals surface area contributed by atoms with E-state index in [4.69, 9.17) is 14.2 Å². The molecule has 0 aliphatic heterocycles. The summed E-state index contributed by atoms with van der Waals surface area (Å²) in [4.78, 5) is 25.2. The van der Waals surface area contributed by atoms with E-state index in [1.807, 2.05) is 43.3 Å². The Balaban J connectivity index is 1.49. The molecular weight excluding hydrogens is 524 g/mol. The van der Waals surface area contributed by atoms with Gasteiger partial charge in [0.25, 0.3) is 5.91 Å². The molecule has 36 heavy (non-hydrogen) atoms. The molecule has 7 nitrogen and oxygen atoms in total. The normalized spacial score (nSPS) is 10.9. The second kappa shape index (κ2) is 11.5. The molecule has 182 valence electrons. The zero-order valence-electron chi connectivity index (χ0n) is 19.7. The lowest BCUT2D eigenvalue weighted by Crippen LogP contribution is -2.17. The lowest BCUT2D eigenvalue weighted by atomic mass is 10.1. The average Bonchev–Trinajstić information content (AvgIpc) is 2.90. The van der Waals surface area contributed by atoms with Crippen molar-refractivity contribution in [3.05, 3.63) is 100 Å². The van der Waals surface area contributed by atoms with Crippen molar-refractivity contribution in [3.8, 4) is 17.2 Å². The third-order valence-corrected chi connectivity index (χ3v) is 5.83. The number of benzene rings is 4. The van der Waals surface area contributed by atoms with Crippen LogP contribution in [0.2, 0.25) is 0 Å². The Bertz CT molecular complexity index is 1430. The summed E-state index contributed by atoms with van der Waals surface area (Å²) in [5, 5.41) is 6.10. The van der Waals surface area contributed by atoms with E-state index in [9.17, 15) is 9.59 Å². The summed E-state index contributed by atoms with van der Waals surface area (Å²) in [5.41, 5.74) is 4.04. The Morgan fingerprint density at radius 1 is 0.944 bits per heavy atom. The summed E-state index contributed by atoms with van der Waals surface area (Å²) in [6.07, 6.45) is 1.49. The highest BCUT2D eigenvalue weighted by Crippen LogP contribution is 2.37. The fourth-order valence-corrected chi connectivity index (χ4v) is 4.00. The SMILES string of the molecule is CCOc1cc(/C=N\NC(=O)c2ccc3ccccc3c2)cc(Br)c1OC(=O)c1ccc(OC)cc1. The van der Waals surface area contributed by atoms with Gasteiger partial charge in [0.1, 0.15) is 5.75 Å². The van der Waals surface area contributed by atoms with Crippen LogP contribution in [0.25, 0.3) is 10.8 Å². The van der Waals surface area contributed by atoms with Crippen molar-refractivity contribution in [1.82, 2.24) is 5.43 Å². The molecule has 0 aliphatic rings. The van der Waals surface area contributed by atoms with Gasteiger partial charge >= 0.3 is 5.97 Å². The van der Waals surface area contributed by atoms with Crippen molar-refractivity contribution in [2.75, 3.05) is 13.7 Å². The smallest absolute Gasteiger partial charge is 0.343 e. The summed E-state index contributed by atoms with van der Waals surface area (Å²) in [6.45, 7) is 2.19. The van der Waals surface area contributed by atoms with Crippen LogP contribution in [0.1, 0.15) is 33.2 Å². The predicted molar refractivity (Wildman–Crippen MR) is 142 cm³/mol. The number of nitrogens with one attached hydrogen (secondary N) is 1. The summed E-state index contributed by atoms with van der Waals surface area (Å²) in [6, 6.07) is 23.3. The van der Waals surface area contributed by atoms with E-state index in [-0.39, 0.29) is 11.7 Å². The minimum atomic E-state index is -0.539. The number of amides is 1. The number of hydrogen-bond acceptors (Lipinski definition) is 6. The maximum atomic E-state index is 12.7. The van der Waals surface area contributed by atoms with Gasteiger partial charge in [-0.1, -0.05) is 30.3 Å². The van der Waals surface area contributed by atoms with Crippen LogP contribution in [0.4, 0.5) is 0 Å². The molecule has 0 unspecified atom stereocenters. The molecule has 4 aromatic carbocycles. The van der Waals surface area contributed by atoms with Gasteiger partial charge in [-0.3, -0.25) is 4.79 Å². The molecule has 0 radical (unpaired) electrons. The largest absolute Gasteiger partial charge is 0.497 e. The first kappa shape index (κ1) is 24.9. The molecule has 0 heterocycles. The van der Waals surface area contributed by atoms with Crippen LogP contribution in [-0.4, -0.2) is 31.8 Å². The zero-order valence-corrected chi connectivity index (χ0v) is 21.2. The van der Waals surface area contributed by atoms with E-state index in [1.165, 1.54) is 6.21 Å². The van der Waals surface area contributed by atoms with Crippen molar-refractivity contribution < 1.29 is 23.8 Å². The van der Waals surface area contributed by atoms with Crippen LogP contribution < -0.4 is 19.6 Å². The lowest BCUT2D eigenvalue weighted by molar-refractivity contribution is 0.0726. The number of hydrogen-bond donors (Lipinski definition) is 1. The Labute approximate surface area is 216 Å². The first-order valence-electron chi connectivity index (χ1n) is 11.1. The molecule has 1 N–H and O–H groups in total. The summed E-state index contributed by atoms with van der Waals surface area (Å²) in [5.74, 6) is 0.375. The van der Waals surface area contributed by atoms with E-state index in [2.05, 4.69) is 26.5 Å². The van der Waals surface area contributed by atoms with E-state index >= 15 is 0 Å². The average molecular weight is 547 g/mol. The predicted octanol–water partition coefficient (Wildman–Crippen LogP) is 5.99. The number of fused-ring (bicyclic) bond motifs is 1. The molecule has 0 saturated heterocycles. The van der Waals surface area contributed by atoms with E-state index in [0.717, 1.165) is 10.8 Å². The molecule has 0 spiro atoms. The first-order chi connectivity index (χ1) is 17.5. The van der Waals surface area contributed by atoms with Crippen LogP contribution in [0, 0.1) is 0 Å². The Kier molecular flexibility index (Phi) is 7.97. The maximum Gasteiger partial charge on any atom is 0.343 e. The third-order valence-electron chi connectivity index (χ3n) is 5.24. The van der Waals surface area contributed by atoms with Crippen molar-refractivity contribution in [2.24, 2.45) is 5.10 Å². The van der Waals surface area contributed by atoms with Gasteiger partial charge in [-0.05, 0) is 87.7 Å². The van der Waals surface area contributed by atoms with Crippen molar-refractivity contribution in [3.63, 3.8) is 0 Å². The molecular formula is C28H23BrN2O5. The second-order valence-corrected chi connectivity index (χ2v) is 8.50. The number of carbonyl (C=O) groups excluding carboxylic acids is 2. The fourth-order valence-electron chi connectivity index (χ4n) is 3.46. The van der Waals surface area contributed by atoms with Gasteiger partial charge in [-0.25, -0.2) is 10.2 Å². The minimum absolute atomic E-state index is 0.245. The number of methoxy groups -OCH3 is 1. The van der Waals surface area contributed by atoms with Crippen LogP contribution in [0.5, 0.6) is 17.2 Å². The molecule has 4 aromatic rings. The van der Waals surface area contributed by atoms with E-state index in [0.29, 0.717) is 39.3 Å². The van der Waals surface area contributed by atoms with Gasteiger partial charge in [-0.15, -0.1) is 0 Å². The molecule has 0 aromatic heterocycles. The Hall–Kier alpha value is -4.17. The monoisotopic (exact) mass is 546 g/mol. The van der Waals surface area contributed by atoms with Crippen molar-refractivity contribution >= 4 is 44.8 Å². The van der Waals surface area contributed by atoms with Crippen LogP contribution in [-0.2, 0) is 0 Å². The van der Waals surface area contributed by atoms with Gasteiger partial charge in [0.15, 0.2) is 11.5 Å². The quantitative estimate of drug-likeness (QED) is 0.127. The zero-order chi connectivity index (χ0) is 25.5. The lowest BCUT2D eigenvalue weighted by Gasteiger charge is -2.13. The molecule has 4 rings (SSSR count). The fraction of sp³-hybridized carbons (Fsp3) is 0.107. The van der Waals surface area contributed by atoms with Gasteiger partial charge in [0.05, 0.1) is 30.0 Å². The molecule has 0 saturated carbocycles. The van der Waals surface area contributed by atoms with Crippen LogP contribution in [0.3, 0.4) is 0 Å². The van der Waals surface area contributed by atoms with Crippen molar-refractivity contribution in [1.29, 1.82) is 0 Å². The maximum absolute atomic E-state index is 12.7. The Morgan fingerprint density at radius 2 is 1.67 bits per heavy atom. The summed E-state index contributed by atoms with van der Waals surface area (Å²) >= 11 is 3.45. The highest BCUT2D eigenvalue weighted by molar-refractivity contribution is 9.10. The van der Waals surface area contributed by atoms with Gasteiger partial charge in [-0.2, -0.15) is 5.10 Å². The molecule has 0 bridgehead atoms. The van der Waals surface area contributed by atoms with Gasteiger partial charge in [0.2, 0.25) is 0 Å². The molecule has 0 fully saturated rings. The van der Waals surface area contributed by atoms with E-state index < -0.39 is 5.97 Å². The first-order valence-corrected chi connectivity index (χ1v) is 11.9. The number of ether oxygens (including phenoxy) is 3. The highest BCUT2D eigenvalue weighted by atomic mass is 79.9. The summed E-state index contributed by atoms with van der Waals surface area (Å²) in [7, 11) is 1.55. The molecule has 0 aliphatic carbocycles. The highest BCUT2D eigenvalue weighted by Gasteiger charge is 2.17. The van der Waals surface area contributed by atoms with E-state index in [1.54, 1.807) is 49.6 Å². The topological polar surface area (TPSA) is 86.2 Å². The Morgan fingerprint density at radius 3 is 2.39 bits per heavy atom. The summed E-state index contributed by atoms with van der Waals surface area (Å²) < 4.78 is 16.9. The number of halogens is 1. The number of hydrazone groups is 1. The number of nitrogens with zero attached hydrogens (tertiary/aromatic N) is 1. The molecule has 8 heteroatoms. The standard InChI is InChI=1S/C28H23BrN2O5/c1-3-35-25-15-18(14-24(29)26(25)36-28(33)20-10-12-23(34-2)13-11-20)17-30-31-27(32)22-9-8-19-6-4-5-7-21(19)16-22/h4-17H,3H2,1-2H3,(H,31,32)/b30-17-. The second-order valence-electron chi connectivity index (χ2n) is 7.64. The van der Waals surface area contributed by atoms with Gasteiger partial charge in [0, 0.05) is 5.56 Å². The van der Waals surface area contributed by atoms with Crippen LogP contribution >= 0.6 is 15.9 Å². The molecule has 0 atom stereocenters. The number of rotatable bonds is 8. The van der Waals surface area contributed by atoms with Gasteiger partial charge < -0.3 is 14.2 Å².